The van der Waals surface area contributed by atoms with Gasteiger partial charge in [0.25, 0.3) is 17.7 Å². The highest BCUT2D eigenvalue weighted by atomic mass is 79.9. The molecule has 5 rings (SSSR count). The van der Waals surface area contributed by atoms with Crippen molar-refractivity contribution in [1.82, 2.24) is 4.90 Å². The molecule has 0 N–H and O–H groups in total. The Labute approximate surface area is 187 Å². The predicted octanol–water partition coefficient (Wildman–Crippen LogP) is 4.21. The Morgan fingerprint density at radius 1 is 0.774 bits per heavy atom. The number of rotatable bonds is 4. The van der Waals surface area contributed by atoms with Crippen LogP contribution < -0.4 is 9.64 Å². The number of hydrogen-bond acceptors (Lipinski definition) is 4. The first-order valence-corrected chi connectivity index (χ1v) is 10.5. The molecule has 3 amide bonds. The summed E-state index contributed by atoms with van der Waals surface area (Å²) in [7, 11) is 1.57. The average Bonchev–Trinajstić information content (AvgIpc) is 3.04. The number of hydrogen-bond donors (Lipinski definition) is 0. The summed E-state index contributed by atoms with van der Waals surface area (Å²) >= 11 is 3.41. The van der Waals surface area contributed by atoms with Crippen molar-refractivity contribution >= 4 is 39.3 Å². The minimum absolute atomic E-state index is 0.301. The van der Waals surface area contributed by atoms with Gasteiger partial charge in [0.15, 0.2) is 0 Å². The van der Waals surface area contributed by atoms with Crippen LogP contribution in [0.4, 0.5) is 5.69 Å². The predicted molar refractivity (Wildman–Crippen MR) is 118 cm³/mol. The second-order valence-corrected chi connectivity index (χ2v) is 8.29. The minimum Gasteiger partial charge on any atom is -0.497 e. The van der Waals surface area contributed by atoms with Gasteiger partial charge in [-0.05, 0) is 54.1 Å². The van der Waals surface area contributed by atoms with Gasteiger partial charge in [0, 0.05) is 10.2 Å². The number of imide groups is 1. The Morgan fingerprint density at radius 2 is 1.42 bits per heavy atom. The smallest absolute Gasteiger partial charge is 0.262 e. The van der Waals surface area contributed by atoms with Gasteiger partial charge in [-0.15, -0.1) is 0 Å². The summed E-state index contributed by atoms with van der Waals surface area (Å²) < 4.78 is 6.24. The summed E-state index contributed by atoms with van der Waals surface area (Å²) in [4.78, 5) is 42.2. The van der Waals surface area contributed by atoms with E-state index in [0.717, 1.165) is 14.9 Å². The van der Waals surface area contributed by atoms with E-state index >= 15 is 0 Å². The minimum atomic E-state index is -0.928. The van der Waals surface area contributed by atoms with Crippen LogP contribution in [0.3, 0.4) is 0 Å². The maximum Gasteiger partial charge on any atom is 0.262 e. The molecule has 6 nitrogen and oxygen atoms in total. The molecule has 2 heterocycles. The lowest BCUT2D eigenvalue weighted by Crippen LogP contribution is -2.67. The van der Waals surface area contributed by atoms with Gasteiger partial charge in [0.05, 0.1) is 24.3 Å². The third-order valence-corrected chi connectivity index (χ3v) is 6.24. The van der Waals surface area contributed by atoms with E-state index in [2.05, 4.69) is 15.9 Å². The Balaban J connectivity index is 1.60. The van der Waals surface area contributed by atoms with E-state index in [1.54, 1.807) is 36.3 Å². The van der Waals surface area contributed by atoms with Crippen molar-refractivity contribution in [3.05, 3.63) is 94.0 Å². The van der Waals surface area contributed by atoms with Crippen LogP contribution in [0.5, 0.6) is 5.75 Å². The zero-order valence-corrected chi connectivity index (χ0v) is 18.1. The van der Waals surface area contributed by atoms with E-state index in [-0.39, 0.29) is 5.91 Å². The molecule has 0 saturated carbocycles. The summed E-state index contributed by atoms with van der Waals surface area (Å²) in [6, 6.07) is 19.9. The van der Waals surface area contributed by atoms with Gasteiger partial charge in [-0.2, -0.15) is 0 Å². The van der Waals surface area contributed by atoms with Gasteiger partial charge in [-0.25, -0.2) is 0 Å². The molecule has 154 valence electrons. The molecule has 2 atom stereocenters. The van der Waals surface area contributed by atoms with Crippen molar-refractivity contribution in [3.63, 3.8) is 0 Å². The first kappa shape index (κ1) is 19.5. The molecular weight excluding hydrogens is 460 g/mol. The fraction of sp³-hybridized carbons (Fsp3) is 0.125. The van der Waals surface area contributed by atoms with Crippen molar-refractivity contribution in [1.29, 1.82) is 0 Å². The lowest BCUT2D eigenvalue weighted by molar-refractivity contribution is -0.130. The van der Waals surface area contributed by atoms with Crippen LogP contribution in [0.25, 0.3) is 0 Å². The lowest BCUT2D eigenvalue weighted by Gasteiger charge is -2.49. The van der Waals surface area contributed by atoms with E-state index in [9.17, 15) is 14.4 Å². The first-order chi connectivity index (χ1) is 15.0. The molecule has 0 radical (unpaired) electrons. The molecule has 1 fully saturated rings. The fourth-order valence-corrected chi connectivity index (χ4v) is 4.50. The standard InChI is InChI=1S/C24H17BrN2O4/c1-31-17-6-4-5-14(13-17)20-21(24(30)26(20)16-11-9-15(25)10-12-16)27-22(28)18-7-2-3-8-19(18)23(27)29/h2-13,20-21H,1H3/t20-,21+/m0/s1. The number of benzene rings is 3. The molecule has 7 heteroatoms. The van der Waals surface area contributed by atoms with Crippen molar-refractivity contribution < 1.29 is 19.1 Å². The summed E-state index contributed by atoms with van der Waals surface area (Å²) in [6.45, 7) is 0. The number of nitrogens with zero attached hydrogens (tertiary/aromatic N) is 2. The number of anilines is 1. The molecular formula is C24H17BrN2O4. The van der Waals surface area contributed by atoms with Crippen LogP contribution in [0.2, 0.25) is 0 Å². The summed E-state index contributed by atoms with van der Waals surface area (Å²) in [5.41, 5.74) is 2.12. The van der Waals surface area contributed by atoms with Crippen molar-refractivity contribution in [2.45, 2.75) is 12.1 Å². The molecule has 2 aliphatic heterocycles. The molecule has 3 aromatic carbocycles. The van der Waals surface area contributed by atoms with Gasteiger partial charge in [-0.1, -0.05) is 40.2 Å². The second kappa shape index (κ2) is 7.35. The van der Waals surface area contributed by atoms with E-state index in [1.807, 2.05) is 48.5 Å². The number of methoxy groups -OCH3 is 1. The van der Waals surface area contributed by atoms with Crippen molar-refractivity contribution in [2.24, 2.45) is 0 Å². The maximum atomic E-state index is 13.4. The van der Waals surface area contributed by atoms with E-state index in [0.29, 0.717) is 22.6 Å². The van der Waals surface area contributed by atoms with Crippen LogP contribution in [-0.4, -0.2) is 35.8 Å². The fourth-order valence-electron chi connectivity index (χ4n) is 4.23. The molecule has 0 spiro atoms. The first-order valence-electron chi connectivity index (χ1n) is 9.71. The summed E-state index contributed by atoms with van der Waals surface area (Å²) in [5.74, 6) is -0.553. The quantitative estimate of drug-likeness (QED) is 0.417. The van der Waals surface area contributed by atoms with Gasteiger partial charge in [-0.3, -0.25) is 19.3 Å². The number of halogens is 1. The van der Waals surface area contributed by atoms with E-state index in [4.69, 9.17) is 4.74 Å². The molecule has 0 aliphatic carbocycles. The molecule has 0 aromatic heterocycles. The Morgan fingerprint density at radius 3 is 2.03 bits per heavy atom. The third-order valence-electron chi connectivity index (χ3n) is 5.71. The van der Waals surface area contributed by atoms with E-state index in [1.165, 1.54) is 0 Å². The molecule has 0 bridgehead atoms. The largest absolute Gasteiger partial charge is 0.497 e. The van der Waals surface area contributed by atoms with Gasteiger partial charge < -0.3 is 9.64 Å². The topological polar surface area (TPSA) is 66.9 Å². The Kier molecular flexibility index (Phi) is 4.63. The lowest BCUT2D eigenvalue weighted by atomic mass is 9.86. The number of carbonyl (C=O) groups is 3. The van der Waals surface area contributed by atoms with Crippen LogP contribution in [0.15, 0.2) is 77.3 Å². The molecule has 1 saturated heterocycles. The number of carbonyl (C=O) groups excluding carboxylic acids is 3. The Hall–Kier alpha value is -3.45. The molecule has 0 unspecified atom stereocenters. The highest BCUT2D eigenvalue weighted by molar-refractivity contribution is 9.10. The van der Waals surface area contributed by atoms with Crippen LogP contribution in [-0.2, 0) is 4.79 Å². The van der Waals surface area contributed by atoms with Crippen molar-refractivity contribution in [3.8, 4) is 5.75 Å². The number of amides is 3. The van der Waals surface area contributed by atoms with Crippen LogP contribution >= 0.6 is 15.9 Å². The zero-order chi connectivity index (χ0) is 21.7. The maximum absolute atomic E-state index is 13.4. The van der Waals surface area contributed by atoms with Gasteiger partial charge >= 0.3 is 0 Å². The molecule has 2 aliphatic rings. The van der Waals surface area contributed by atoms with Gasteiger partial charge in [0.1, 0.15) is 11.8 Å². The van der Waals surface area contributed by atoms with Crippen molar-refractivity contribution in [2.75, 3.05) is 12.0 Å². The Bertz CT molecular complexity index is 1190. The monoisotopic (exact) mass is 476 g/mol. The van der Waals surface area contributed by atoms with Crippen LogP contribution in [0, 0.1) is 0 Å². The normalized spacial score (nSPS) is 20.0. The third kappa shape index (κ3) is 2.96. The zero-order valence-electron chi connectivity index (χ0n) is 16.5. The number of fused-ring (bicyclic) bond motifs is 1. The van der Waals surface area contributed by atoms with E-state index < -0.39 is 23.9 Å². The molecule has 3 aromatic rings. The SMILES string of the molecule is COc1cccc([C@H]2[C@@H](N3C(=O)c4ccccc4C3=O)C(=O)N2c2ccc(Br)cc2)c1. The highest BCUT2D eigenvalue weighted by Crippen LogP contribution is 2.44. The average molecular weight is 477 g/mol. The summed E-state index contributed by atoms with van der Waals surface area (Å²) in [6.07, 6.45) is 0. The number of ether oxygens (including phenoxy) is 1. The number of β-lactam (4-membered cyclic amide) rings is 1. The van der Waals surface area contributed by atoms with Crippen LogP contribution in [0.1, 0.15) is 32.3 Å². The summed E-state index contributed by atoms with van der Waals surface area (Å²) in [5, 5.41) is 0. The second-order valence-electron chi connectivity index (χ2n) is 7.38. The highest BCUT2D eigenvalue weighted by Gasteiger charge is 2.57. The molecule has 31 heavy (non-hydrogen) atoms. The van der Waals surface area contributed by atoms with Gasteiger partial charge in [0.2, 0.25) is 0 Å².